The van der Waals surface area contributed by atoms with E-state index in [1.165, 1.54) is 19.3 Å². The number of nitrogens with zero attached hydrogens (tertiary/aromatic N) is 2. The number of ether oxygens (including phenoxy) is 1. The van der Waals surface area contributed by atoms with E-state index in [1.807, 2.05) is 23.1 Å². The van der Waals surface area contributed by atoms with Crippen LogP contribution in [0, 0.1) is 5.92 Å². The number of hydrogen-bond donors (Lipinski definition) is 0. The molecule has 2 fully saturated rings. The third-order valence-electron chi connectivity index (χ3n) is 4.35. The van der Waals surface area contributed by atoms with Gasteiger partial charge in [-0.1, -0.05) is 25.3 Å². The summed E-state index contributed by atoms with van der Waals surface area (Å²) >= 11 is 0. The highest BCUT2D eigenvalue weighted by molar-refractivity contribution is 5.79. The fourth-order valence-electron chi connectivity index (χ4n) is 3.20. The molecule has 2 aliphatic rings. The number of amides is 1. The summed E-state index contributed by atoms with van der Waals surface area (Å²) in [5, 5.41) is 0. The predicted molar refractivity (Wildman–Crippen MR) is 76.1 cm³/mol. The zero-order valence-electron chi connectivity index (χ0n) is 11.8. The number of aromatic nitrogens is 1. The van der Waals surface area contributed by atoms with Crippen molar-refractivity contribution in [1.82, 2.24) is 9.88 Å². The molecule has 1 saturated carbocycles. The molecule has 0 spiro atoms. The molecular weight excluding hydrogens is 252 g/mol. The number of morpholine rings is 1. The molecule has 1 aromatic heterocycles. The first kappa shape index (κ1) is 13.6. The van der Waals surface area contributed by atoms with Crippen LogP contribution in [0.25, 0.3) is 0 Å². The van der Waals surface area contributed by atoms with Crippen molar-refractivity contribution < 1.29 is 9.53 Å². The fraction of sp³-hybridized carbons (Fsp3) is 0.625. The van der Waals surface area contributed by atoms with Crippen molar-refractivity contribution >= 4 is 5.91 Å². The van der Waals surface area contributed by atoms with Gasteiger partial charge in [0.1, 0.15) is 6.10 Å². The Balaban J connectivity index is 1.64. The highest BCUT2D eigenvalue weighted by Gasteiger charge is 2.30. The Morgan fingerprint density at radius 1 is 1.25 bits per heavy atom. The average Bonchev–Trinajstić information content (AvgIpc) is 2.56. The minimum atomic E-state index is -0.0718. The van der Waals surface area contributed by atoms with E-state index in [9.17, 15) is 4.79 Å². The average molecular weight is 274 g/mol. The molecule has 20 heavy (non-hydrogen) atoms. The molecule has 1 atom stereocenters. The maximum atomic E-state index is 12.6. The first-order valence-corrected chi connectivity index (χ1v) is 7.66. The van der Waals surface area contributed by atoms with Crippen LogP contribution in [-0.4, -0.2) is 35.5 Å². The van der Waals surface area contributed by atoms with E-state index in [0.29, 0.717) is 19.1 Å². The van der Waals surface area contributed by atoms with Crippen LogP contribution in [0.5, 0.6) is 0 Å². The number of carbonyl (C=O) groups is 1. The van der Waals surface area contributed by atoms with Gasteiger partial charge in [-0.3, -0.25) is 9.78 Å². The summed E-state index contributed by atoms with van der Waals surface area (Å²) in [5.74, 6) is 0.570. The maximum Gasteiger partial charge on any atom is 0.225 e. The van der Waals surface area contributed by atoms with Gasteiger partial charge in [0.15, 0.2) is 0 Å². The number of hydrogen-bond acceptors (Lipinski definition) is 3. The SMILES string of the molecule is O=C(C1CCCCC1)N1CCOC(c2ccccn2)C1. The number of pyridine rings is 1. The van der Waals surface area contributed by atoms with Crippen LogP contribution < -0.4 is 0 Å². The first-order chi connectivity index (χ1) is 9.84. The van der Waals surface area contributed by atoms with E-state index in [0.717, 1.165) is 25.1 Å². The molecule has 0 radical (unpaired) electrons. The Morgan fingerprint density at radius 2 is 2.10 bits per heavy atom. The summed E-state index contributed by atoms with van der Waals surface area (Å²) in [4.78, 5) is 18.9. The van der Waals surface area contributed by atoms with Gasteiger partial charge in [-0.15, -0.1) is 0 Å². The molecule has 0 N–H and O–H groups in total. The molecule has 1 aromatic rings. The van der Waals surface area contributed by atoms with E-state index >= 15 is 0 Å². The van der Waals surface area contributed by atoms with E-state index in [2.05, 4.69) is 4.98 Å². The van der Waals surface area contributed by atoms with E-state index in [-0.39, 0.29) is 12.0 Å². The van der Waals surface area contributed by atoms with Crippen LogP contribution in [0.1, 0.15) is 43.9 Å². The quantitative estimate of drug-likeness (QED) is 0.832. The number of carbonyl (C=O) groups excluding carboxylic acids is 1. The molecule has 4 heteroatoms. The van der Waals surface area contributed by atoms with Crippen LogP contribution in [0.15, 0.2) is 24.4 Å². The molecule has 4 nitrogen and oxygen atoms in total. The van der Waals surface area contributed by atoms with Gasteiger partial charge in [-0.25, -0.2) is 0 Å². The summed E-state index contributed by atoms with van der Waals surface area (Å²) in [6.45, 7) is 1.98. The first-order valence-electron chi connectivity index (χ1n) is 7.66. The van der Waals surface area contributed by atoms with Gasteiger partial charge < -0.3 is 9.64 Å². The lowest BCUT2D eigenvalue weighted by molar-refractivity contribution is -0.144. The zero-order valence-corrected chi connectivity index (χ0v) is 11.8. The molecule has 0 bridgehead atoms. The maximum absolute atomic E-state index is 12.6. The molecular formula is C16H22N2O2. The Bertz CT molecular complexity index is 443. The standard InChI is InChI=1S/C16H22N2O2/c19-16(13-6-2-1-3-7-13)18-10-11-20-15(12-18)14-8-4-5-9-17-14/h4-5,8-9,13,15H,1-3,6-7,10-12H2. The van der Waals surface area contributed by atoms with Crippen molar-refractivity contribution in [2.45, 2.75) is 38.2 Å². The third kappa shape index (κ3) is 3.01. The van der Waals surface area contributed by atoms with Crippen molar-refractivity contribution in [3.8, 4) is 0 Å². The summed E-state index contributed by atoms with van der Waals surface area (Å²) in [7, 11) is 0. The molecule has 108 valence electrons. The van der Waals surface area contributed by atoms with E-state index in [1.54, 1.807) is 6.20 Å². The molecule has 1 saturated heterocycles. The Morgan fingerprint density at radius 3 is 2.85 bits per heavy atom. The normalized spacial score (nSPS) is 24.6. The summed E-state index contributed by atoms with van der Waals surface area (Å²) < 4.78 is 5.78. The largest absolute Gasteiger partial charge is 0.368 e. The summed E-state index contributed by atoms with van der Waals surface area (Å²) in [5.41, 5.74) is 0.925. The Labute approximate surface area is 120 Å². The van der Waals surface area contributed by atoms with Crippen LogP contribution in [-0.2, 0) is 9.53 Å². The van der Waals surface area contributed by atoms with Gasteiger partial charge in [0.05, 0.1) is 18.8 Å². The minimum absolute atomic E-state index is 0.0718. The zero-order chi connectivity index (χ0) is 13.8. The van der Waals surface area contributed by atoms with Gasteiger partial charge in [-0.2, -0.15) is 0 Å². The van der Waals surface area contributed by atoms with Crippen molar-refractivity contribution in [2.75, 3.05) is 19.7 Å². The lowest BCUT2D eigenvalue weighted by Gasteiger charge is -2.35. The Kier molecular flexibility index (Phi) is 4.31. The Hall–Kier alpha value is -1.42. The van der Waals surface area contributed by atoms with Crippen molar-refractivity contribution in [3.63, 3.8) is 0 Å². The molecule has 1 aliphatic carbocycles. The molecule has 1 amide bonds. The lowest BCUT2D eigenvalue weighted by atomic mass is 9.88. The topological polar surface area (TPSA) is 42.4 Å². The van der Waals surface area contributed by atoms with Crippen molar-refractivity contribution in [2.24, 2.45) is 5.92 Å². The van der Waals surface area contributed by atoms with Crippen molar-refractivity contribution in [1.29, 1.82) is 0 Å². The van der Waals surface area contributed by atoms with E-state index in [4.69, 9.17) is 4.74 Å². The lowest BCUT2D eigenvalue weighted by Crippen LogP contribution is -2.45. The third-order valence-corrected chi connectivity index (χ3v) is 4.35. The predicted octanol–water partition coefficient (Wildman–Crippen LogP) is 2.56. The minimum Gasteiger partial charge on any atom is -0.368 e. The summed E-state index contributed by atoms with van der Waals surface area (Å²) in [6.07, 6.45) is 7.51. The van der Waals surface area contributed by atoms with Crippen LogP contribution in [0.3, 0.4) is 0 Å². The van der Waals surface area contributed by atoms with Crippen LogP contribution >= 0.6 is 0 Å². The monoisotopic (exact) mass is 274 g/mol. The molecule has 1 unspecified atom stereocenters. The van der Waals surface area contributed by atoms with Gasteiger partial charge >= 0.3 is 0 Å². The molecule has 1 aliphatic heterocycles. The highest BCUT2D eigenvalue weighted by Crippen LogP contribution is 2.28. The van der Waals surface area contributed by atoms with Gasteiger partial charge in [-0.05, 0) is 25.0 Å². The van der Waals surface area contributed by atoms with Crippen LogP contribution in [0.2, 0.25) is 0 Å². The van der Waals surface area contributed by atoms with Gasteiger partial charge in [0, 0.05) is 18.7 Å². The van der Waals surface area contributed by atoms with Crippen molar-refractivity contribution in [3.05, 3.63) is 30.1 Å². The second-order valence-electron chi connectivity index (χ2n) is 5.73. The molecule has 3 rings (SSSR count). The number of rotatable bonds is 2. The van der Waals surface area contributed by atoms with Crippen LogP contribution in [0.4, 0.5) is 0 Å². The second-order valence-corrected chi connectivity index (χ2v) is 5.73. The highest BCUT2D eigenvalue weighted by atomic mass is 16.5. The molecule has 0 aromatic carbocycles. The molecule has 2 heterocycles. The smallest absolute Gasteiger partial charge is 0.225 e. The second kappa shape index (κ2) is 6.35. The summed E-state index contributed by atoms with van der Waals surface area (Å²) in [6, 6.07) is 5.84. The fourth-order valence-corrected chi connectivity index (χ4v) is 3.20. The van der Waals surface area contributed by atoms with Gasteiger partial charge in [0.25, 0.3) is 0 Å². The van der Waals surface area contributed by atoms with E-state index < -0.39 is 0 Å². The van der Waals surface area contributed by atoms with Gasteiger partial charge in [0.2, 0.25) is 5.91 Å².